The highest BCUT2D eigenvalue weighted by atomic mass is 33.1. The van der Waals surface area contributed by atoms with E-state index in [1.807, 2.05) is 6.92 Å². The number of nitrogens with zero attached hydrogens (tertiary/aromatic N) is 4. The first kappa shape index (κ1) is 81.4. The highest BCUT2D eigenvalue weighted by Crippen LogP contribution is 2.25. The molecule has 37 heteroatoms. The van der Waals surface area contributed by atoms with Crippen LogP contribution in [0, 0.1) is 11.8 Å². The lowest BCUT2D eigenvalue weighted by atomic mass is 9.99. The molecule has 35 nitrogen and oxygen atoms in total. The third kappa shape index (κ3) is 29.4. The van der Waals surface area contributed by atoms with E-state index in [-0.39, 0.29) is 131 Å². The molecule has 2 aliphatic rings. The number of unbranched alkanes of at least 4 members (excludes halogenated alkanes) is 1. The number of aliphatic imine (C=N–C) groups is 3. The fraction of sp³-hybridized carbons (Fsp3) is 0.644. The Bertz CT molecular complexity index is 2910. The third-order valence-corrected chi connectivity index (χ3v) is 17.7. The zero-order valence-corrected chi connectivity index (χ0v) is 56.7. The number of carbonyl (C=O) groups is 12. The monoisotopic (exact) mass is 1390 g/mol. The van der Waals surface area contributed by atoms with Gasteiger partial charge in [-0.2, -0.15) is 0 Å². The highest BCUT2D eigenvalue weighted by Gasteiger charge is 2.41. The van der Waals surface area contributed by atoms with Gasteiger partial charge in [-0.15, -0.1) is 0 Å². The minimum Gasteiger partial charge on any atom is -0.508 e. The van der Waals surface area contributed by atoms with E-state index in [1.54, 1.807) is 27.7 Å². The molecule has 1 aromatic carbocycles. The van der Waals surface area contributed by atoms with Crippen molar-refractivity contribution in [1.29, 1.82) is 0 Å². The SMILES string of the molecule is CCCC[C@@H]1NC(=O)[C@@H](NC(=O)[C@H](N)CCCN=C(N)N)CSSC[C@@H](C(N)=O)NC(=O)[C@@H]2CCCN2C(=O)[C@H](CCCN=C(N)N)NC(=O)[C@H](Cc2ccc(O)cc2)NC(=O)[C@H](C(C)C)NC(=O)[C@H](CCCN=C(N)N)NC(=O)[C@@H](CC(N)=O)NC(=O)[C@H](CC(C)C)NC1=O. The van der Waals surface area contributed by atoms with Crippen molar-refractivity contribution in [2.75, 3.05) is 37.7 Å². The van der Waals surface area contributed by atoms with E-state index in [2.05, 4.69) is 62.8 Å². The number of hydrogen-bond acceptors (Lipinski definition) is 19. The average molecular weight is 1390 g/mol. The number of guanidine groups is 3. The molecule has 2 saturated heterocycles. The van der Waals surface area contributed by atoms with Gasteiger partial charge in [-0.05, 0) is 93.7 Å². The van der Waals surface area contributed by atoms with E-state index in [0.717, 1.165) is 21.6 Å². The molecule has 0 radical (unpaired) electrons. The molecule has 0 bridgehead atoms. The van der Waals surface area contributed by atoms with Crippen LogP contribution in [0.1, 0.15) is 124 Å². The molecular formula is C59H100N22O13S2. The number of amides is 12. The molecule has 0 aliphatic carbocycles. The Morgan fingerprint density at radius 3 is 1.65 bits per heavy atom. The number of carbonyl (C=O) groups excluding carboxylic acids is 12. The normalized spacial score (nSPS) is 23.9. The molecule has 28 N–H and O–H groups in total. The molecule has 0 aromatic heterocycles. The van der Waals surface area contributed by atoms with E-state index < -0.39 is 150 Å². The second kappa shape index (κ2) is 41.8. The number of benzene rings is 1. The minimum atomic E-state index is -1.78. The molecule has 2 fully saturated rings. The van der Waals surface area contributed by atoms with Crippen molar-refractivity contribution in [2.24, 2.45) is 78.4 Å². The first-order chi connectivity index (χ1) is 45.3. The van der Waals surface area contributed by atoms with Crippen LogP contribution in [0.3, 0.4) is 0 Å². The van der Waals surface area contributed by atoms with Crippen LogP contribution in [0.5, 0.6) is 5.75 Å². The van der Waals surface area contributed by atoms with Crippen molar-refractivity contribution < 1.29 is 62.6 Å². The molecular weight excluding hydrogens is 1290 g/mol. The lowest BCUT2D eigenvalue weighted by Crippen LogP contribution is -2.62. The number of phenolic OH excluding ortho intramolecular Hbond substituents is 1. The van der Waals surface area contributed by atoms with Crippen LogP contribution in [0.2, 0.25) is 0 Å². The second-order valence-electron chi connectivity index (χ2n) is 24.1. The number of nitrogens with two attached hydrogens (primary N) is 9. The Hall–Kier alpha value is -8.87. The molecule has 2 heterocycles. The maximum atomic E-state index is 14.9. The summed E-state index contributed by atoms with van der Waals surface area (Å²) in [6.07, 6.45) is 0.435. The van der Waals surface area contributed by atoms with Gasteiger partial charge < -0.3 is 109 Å². The van der Waals surface area contributed by atoms with Gasteiger partial charge in [-0.1, -0.05) is 81.2 Å². The summed E-state index contributed by atoms with van der Waals surface area (Å²) in [5, 5.41) is 33.9. The molecule has 1 aromatic rings. The van der Waals surface area contributed by atoms with E-state index >= 15 is 0 Å². The topological polar surface area (TPSA) is 608 Å². The summed E-state index contributed by atoms with van der Waals surface area (Å²) in [4.78, 5) is 184. The van der Waals surface area contributed by atoms with Gasteiger partial charge in [-0.3, -0.25) is 72.5 Å². The molecule has 0 spiro atoms. The second-order valence-corrected chi connectivity index (χ2v) is 26.7. The zero-order chi connectivity index (χ0) is 71.8. The van der Waals surface area contributed by atoms with Crippen molar-refractivity contribution in [3.8, 4) is 5.75 Å². The number of phenols is 1. The number of hydrogen-bond donors (Lipinski definition) is 19. The van der Waals surface area contributed by atoms with Gasteiger partial charge >= 0.3 is 0 Å². The molecule has 536 valence electrons. The minimum absolute atomic E-state index is 0.00398. The summed E-state index contributed by atoms with van der Waals surface area (Å²) in [5.41, 5.74) is 51.4. The first-order valence-electron chi connectivity index (χ1n) is 31.9. The van der Waals surface area contributed by atoms with Crippen molar-refractivity contribution in [2.45, 2.75) is 191 Å². The maximum Gasteiger partial charge on any atom is 0.245 e. The van der Waals surface area contributed by atoms with E-state index in [4.69, 9.17) is 51.6 Å². The lowest BCUT2D eigenvalue weighted by Gasteiger charge is -2.31. The number of nitrogens with one attached hydrogen (secondary N) is 9. The average Bonchev–Trinajstić information content (AvgIpc) is 1.57. The van der Waals surface area contributed by atoms with Gasteiger partial charge in [0.15, 0.2) is 17.9 Å². The van der Waals surface area contributed by atoms with Crippen LogP contribution >= 0.6 is 21.6 Å². The first-order valence-corrected chi connectivity index (χ1v) is 34.4. The smallest absolute Gasteiger partial charge is 0.245 e. The highest BCUT2D eigenvalue weighted by molar-refractivity contribution is 8.76. The summed E-state index contributed by atoms with van der Waals surface area (Å²) >= 11 is 0. The standard InChI is InChI=1S/C59H100N22O13S2/c1-6-7-13-35-48(86)75-38(25-30(2)3)50(88)76-40(27-44(61)83)52(90)72-36(14-9-22-70-58(65)66)49(87)80-45(31(4)5)55(93)77-39(26-32-17-19-33(82)20-18-32)51(89)74-37(15-10-23-71-59(67)68)56(94)81-24-11-16-43(81)54(92)78-41(46(62)84)28-95-96-29-42(53(91)73-35)79-47(85)34(60)12-8-21-69-57(63)64/h17-20,30-31,34-43,45,82H,6-16,21-29,60H2,1-5H3,(H2,61,83)(H2,62,84)(H,72,90)(H,73,91)(H,74,89)(H,75,86)(H,76,88)(H,77,93)(H,78,92)(H,79,85)(H,80,87)(H4,63,64,69)(H4,65,66,70)(H4,67,68,71)/t34-,35+,36+,37+,38+,39+,40-,41+,42+,43+,45+/m1/s1. The van der Waals surface area contributed by atoms with E-state index in [0.29, 0.717) is 24.8 Å². The van der Waals surface area contributed by atoms with Crippen LogP contribution < -0.4 is 99.5 Å². The molecule has 0 unspecified atom stereocenters. The summed E-state index contributed by atoms with van der Waals surface area (Å²) in [7, 11) is 1.97. The van der Waals surface area contributed by atoms with Gasteiger partial charge in [0.2, 0.25) is 70.9 Å². The van der Waals surface area contributed by atoms with Crippen molar-refractivity contribution in [3.63, 3.8) is 0 Å². The van der Waals surface area contributed by atoms with Crippen LogP contribution in [0.25, 0.3) is 0 Å². The molecule has 12 amide bonds. The van der Waals surface area contributed by atoms with Crippen LogP contribution in [0.15, 0.2) is 39.2 Å². The lowest BCUT2D eigenvalue weighted by molar-refractivity contribution is -0.142. The summed E-state index contributed by atoms with van der Waals surface area (Å²) in [6, 6.07) is -9.98. The Morgan fingerprint density at radius 2 is 1.08 bits per heavy atom. The Labute approximate surface area is 566 Å². The fourth-order valence-corrected chi connectivity index (χ4v) is 12.5. The van der Waals surface area contributed by atoms with Crippen molar-refractivity contribution >= 4 is 110 Å². The van der Waals surface area contributed by atoms with Gasteiger partial charge in [-0.25, -0.2) is 0 Å². The summed E-state index contributed by atoms with van der Waals surface area (Å²) in [6.45, 7) is 8.60. The maximum absolute atomic E-state index is 14.9. The number of primary amides is 2. The third-order valence-electron chi connectivity index (χ3n) is 15.2. The molecule has 11 atom stereocenters. The number of aromatic hydroxyl groups is 1. The van der Waals surface area contributed by atoms with Crippen molar-refractivity contribution in [3.05, 3.63) is 29.8 Å². The van der Waals surface area contributed by atoms with Gasteiger partial charge in [0.1, 0.15) is 66.2 Å². The van der Waals surface area contributed by atoms with E-state index in [9.17, 15) is 62.6 Å². The molecule has 2 aliphatic heterocycles. The Kier molecular flexibility index (Phi) is 35.5. The van der Waals surface area contributed by atoms with Gasteiger partial charge in [0, 0.05) is 44.1 Å². The van der Waals surface area contributed by atoms with Crippen LogP contribution in [-0.4, -0.2) is 203 Å². The van der Waals surface area contributed by atoms with Crippen LogP contribution in [0.4, 0.5) is 0 Å². The quantitative estimate of drug-likeness (QED) is 0.0188. The zero-order valence-electron chi connectivity index (χ0n) is 55.1. The van der Waals surface area contributed by atoms with Gasteiger partial charge in [0.25, 0.3) is 0 Å². The van der Waals surface area contributed by atoms with Gasteiger partial charge in [0.05, 0.1) is 12.5 Å². The molecule has 3 rings (SSSR count). The predicted molar refractivity (Wildman–Crippen MR) is 363 cm³/mol. The predicted octanol–water partition coefficient (Wildman–Crippen LogP) is -5.57. The van der Waals surface area contributed by atoms with Crippen LogP contribution in [-0.2, 0) is 64.0 Å². The van der Waals surface area contributed by atoms with E-state index in [1.165, 1.54) is 29.2 Å². The molecule has 0 saturated carbocycles. The Balaban J connectivity index is 2.27. The number of rotatable bonds is 25. The summed E-state index contributed by atoms with van der Waals surface area (Å²) < 4.78 is 0. The van der Waals surface area contributed by atoms with Crippen molar-refractivity contribution in [1.82, 2.24) is 52.8 Å². The Morgan fingerprint density at radius 1 is 0.594 bits per heavy atom. The number of fused-ring (bicyclic) bond motifs is 1. The summed E-state index contributed by atoms with van der Waals surface area (Å²) in [5.74, 6) is -13.1. The molecule has 96 heavy (non-hydrogen) atoms. The largest absolute Gasteiger partial charge is 0.508 e. The fourth-order valence-electron chi connectivity index (χ4n) is 10.1.